The molecule has 4 heteroatoms. The lowest BCUT2D eigenvalue weighted by atomic mass is 10.0. The zero-order valence-electron chi connectivity index (χ0n) is 10.8. The first-order valence-electron chi connectivity index (χ1n) is 6.38. The van der Waals surface area contributed by atoms with Crippen LogP contribution in [0, 0.1) is 0 Å². The molecule has 3 nitrogen and oxygen atoms in total. The molecule has 0 radical (unpaired) electrons. The number of ether oxygens (including phenoxy) is 1. The third-order valence-electron chi connectivity index (χ3n) is 3.63. The molecule has 1 unspecified atom stereocenters. The summed E-state index contributed by atoms with van der Waals surface area (Å²) in [5, 5.41) is 4.46. The first kappa shape index (κ1) is 12.1. The van der Waals surface area contributed by atoms with Crippen molar-refractivity contribution in [2.24, 2.45) is 4.99 Å². The Labute approximate surface area is 112 Å². The number of aliphatic imine (C=N–C) groups is 1. The maximum Gasteiger partial charge on any atom is 0.161 e. The van der Waals surface area contributed by atoms with Crippen LogP contribution in [0.3, 0.4) is 0 Å². The molecule has 2 aliphatic rings. The van der Waals surface area contributed by atoms with Crippen LogP contribution >= 0.6 is 11.8 Å². The van der Waals surface area contributed by atoms with Gasteiger partial charge in [-0.2, -0.15) is 0 Å². The number of hydrogen-bond donors (Lipinski definition) is 1. The van der Waals surface area contributed by atoms with Crippen molar-refractivity contribution in [1.82, 2.24) is 0 Å². The number of nitrogens with one attached hydrogen (secondary N) is 1. The zero-order chi connectivity index (χ0) is 12.6. The van der Waals surface area contributed by atoms with E-state index in [0.717, 1.165) is 36.2 Å². The van der Waals surface area contributed by atoms with E-state index in [0.29, 0.717) is 0 Å². The Kier molecular flexibility index (Phi) is 3.08. The molecule has 0 amide bonds. The summed E-state index contributed by atoms with van der Waals surface area (Å²) in [7, 11) is 0. The Hall–Kier alpha value is -1.00. The lowest BCUT2D eigenvalue weighted by Crippen LogP contribution is -2.20. The minimum atomic E-state index is 0.104. The van der Waals surface area contributed by atoms with E-state index in [-0.39, 0.29) is 5.54 Å². The molecule has 0 aliphatic carbocycles. The van der Waals surface area contributed by atoms with Crippen molar-refractivity contribution in [2.75, 3.05) is 11.1 Å². The summed E-state index contributed by atoms with van der Waals surface area (Å²) >= 11 is 1.81. The molecule has 0 bridgehead atoms. The number of rotatable bonds is 2. The highest BCUT2D eigenvalue weighted by Crippen LogP contribution is 2.31. The van der Waals surface area contributed by atoms with Crippen LogP contribution in [-0.2, 0) is 18.0 Å². The van der Waals surface area contributed by atoms with Crippen LogP contribution in [0.25, 0.3) is 0 Å². The van der Waals surface area contributed by atoms with Crippen LogP contribution in [0.5, 0.6) is 0 Å². The summed E-state index contributed by atoms with van der Waals surface area (Å²) < 4.78 is 5.43. The van der Waals surface area contributed by atoms with Crippen molar-refractivity contribution in [2.45, 2.75) is 39.0 Å². The lowest BCUT2D eigenvalue weighted by Gasteiger charge is -2.15. The molecule has 1 aromatic rings. The topological polar surface area (TPSA) is 33.6 Å². The van der Waals surface area contributed by atoms with Gasteiger partial charge in [-0.3, -0.25) is 4.99 Å². The second kappa shape index (κ2) is 4.59. The summed E-state index contributed by atoms with van der Waals surface area (Å²) in [6.07, 6.45) is 1.09. The van der Waals surface area contributed by atoms with E-state index in [9.17, 15) is 0 Å². The van der Waals surface area contributed by atoms with Crippen molar-refractivity contribution in [3.63, 3.8) is 0 Å². The Morgan fingerprint density at radius 2 is 2.22 bits per heavy atom. The van der Waals surface area contributed by atoms with Gasteiger partial charge in [-0.05, 0) is 36.6 Å². The summed E-state index contributed by atoms with van der Waals surface area (Å²) in [6.45, 7) is 5.89. The number of fused-ring (bicyclic) bond motifs is 1. The highest BCUT2D eigenvalue weighted by atomic mass is 32.2. The average molecular weight is 262 g/mol. The van der Waals surface area contributed by atoms with Gasteiger partial charge in [0.05, 0.1) is 18.8 Å². The standard InChI is InChI=1S/C14H18N2OS/c1-3-14(2)9-18-13(16-14)15-12-5-4-10-7-17-8-11(10)6-12/h4-6H,3,7-9H2,1-2H3,(H,15,16). The van der Waals surface area contributed by atoms with Crippen molar-refractivity contribution in [1.29, 1.82) is 0 Å². The predicted octanol–water partition coefficient (Wildman–Crippen LogP) is 3.40. The number of benzene rings is 1. The Balaban J connectivity index is 1.76. The highest BCUT2D eigenvalue weighted by Gasteiger charge is 2.28. The molecule has 2 aliphatic heterocycles. The summed E-state index contributed by atoms with van der Waals surface area (Å²) in [5.41, 5.74) is 3.82. The minimum absolute atomic E-state index is 0.104. The van der Waals surface area contributed by atoms with Gasteiger partial charge in [-0.15, -0.1) is 0 Å². The molecule has 0 fully saturated rings. The summed E-state index contributed by atoms with van der Waals surface area (Å²) in [4.78, 5) is 4.76. The van der Waals surface area contributed by atoms with Gasteiger partial charge in [-0.25, -0.2) is 0 Å². The second-order valence-electron chi connectivity index (χ2n) is 5.16. The second-order valence-corrected chi connectivity index (χ2v) is 6.12. The molecule has 2 heterocycles. The van der Waals surface area contributed by atoms with Crippen LogP contribution in [-0.4, -0.2) is 16.5 Å². The monoisotopic (exact) mass is 262 g/mol. The number of hydrogen-bond acceptors (Lipinski definition) is 4. The Morgan fingerprint density at radius 1 is 1.39 bits per heavy atom. The molecule has 0 aromatic heterocycles. The molecule has 3 rings (SSSR count). The van der Waals surface area contributed by atoms with Crippen molar-refractivity contribution >= 4 is 22.6 Å². The van der Waals surface area contributed by atoms with E-state index in [4.69, 9.17) is 9.73 Å². The zero-order valence-corrected chi connectivity index (χ0v) is 11.6. The maximum absolute atomic E-state index is 5.43. The quantitative estimate of drug-likeness (QED) is 0.887. The van der Waals surface area contributed by atoms with Crippen molar-refractivity contribution in [3.05, 3.63) is 29.3 Å². The molecule has 0 saturated heterocycles. The summed E-state index contributed by atoms with van der Waals surface area (Å²) in [5.74, 6) is 1.07. The molecule has 96 valence electrons. The average Bonchev–Trinajstić information content (AvgIpc) is 2.96. The van der Waals surface area contributed by atoms with E-state index < -0.39 is 0 Å². The van der Waals surface area contributed by atoms with Crippen molar-refractivity contribution < 1.29 is 4.74 Å². The molecular weight excluding hydrogens is 244 g/mol. The van der Waals surface area contributed by atoms with Crippen LogP contribution < -0.4 is 5.32 Å². The largest absolute Gasteiger partial charge is 0.372 e. The van der Waals surface area contributed by atoms with E-state index in [1.807, 2.05) is 11.8 Å². The minimum Gasteiger partial charge on any atom is -0.372 e. The van der Waals surface area contributed by atoms with Gasteiger partial charge in [0.25, 0.3) is 0 Å². The van der Waals surface area contributed by atoms with E-state index >= 15 is 0 Å². The molecule has 1 aromatic carbocycles. The SMILES string of the molecule is CCC1(C)CSC(Nc2ccc3c(c2)COC3)=N1. The molecule has 1 atom stereocenters. The number of thioether (sulfide) groups is 1. The third kappa shape index (κ3) is 2.27. The smallest absolute Gasteiger partial charge is 0.161 e. The van der Waals surface area contributed by atoms with Gasteiger partial charge in [-0.1, -0.05) is 24.8 Å². The maximum atomic E-state index is 5.43. The van der Waals surface area contributed by atoms with Crippen molar-refractivity contribution in [3.8, 4) is 0 Å². The third-order valence-corrected chi connectivity index (χ3v) is 4.86. The fraction of sp³-hybridized carbons (Fsp3) is 0.500. The normalized spacial score (nSPS) is 26.0. The first-order chi connectivity index (χ1) is 8.68. The van der Waals surface area contributed by atoms with Gasteiger partial charge in [0.1, 0.15) is 0 Å². The van der Waals surface area contributed by atoms with Crippen LogP contribution in [0.2, 0.25) is 0 Å². The first-order valence-corrected chi connectivity index (χ1v) is 7.36. The Bertz CT molecular complexity index is 501. The number of anilines is 1. The number of nitrogens with zero attached hydrogens (tertiary/aromatic N) is 1. The lowest BCUT2D eigenvalue weighted by molar-refractivity contribution is 0.134. The molecular formula is C14H18N2OS. The number of amidine groups is 1. The Morgan fingerprint density at radius 3 is 3.00 bits per heavy atom. The van der Waals surface area contributed by atoms with Gasteiger partial charge < -0.3 is 10.1 Å². The fourth-order valence-electron chi connectivity index (χ4n) is 2.15. The van der Waals surface area contributed by atoms with Gasteiger partial charge in [0.15, 0.2) is 5.17 Å². The molecule has 0 saturated carbocycles. The molecule has 1 N–H and O–H groups in total. The van der Waals surface area contributed by atoms with Gasteiger partial charge in [0, 0.05) is 11.4 Å². The van der Waals surface area contributed by atoms with Crippen LogP contribution in [0.1, 0.15) is 31.4 Å². The van der Waals surface area contributed by atoms with Gasteiger partial charge >= 0.3 is 0 Å². The van der Waals surface area contributed by atoms with E-state index in [1.165, 1.54) is 11.1 Å². The van der Waals surface area contributed by atoms with E-state index in [1.54, 1.807) is 0 Å². The van der Waals surface area contributed by atoms with Crippen LogP contribution in [0.15, 0.2) is 23.2 Å². The fourth-order valence-corrected chi connectivity index (χ4v) is 3.34. The molecule has 18 heavy (non-hydrogen) atoms. The van der Waals surface area contributed by atoms with Gasteiger partial charge in [0.2, 0.25) is 0 Å². The highest BCUT2D eigenvalue weighted by molar-refractivity contribution is 8.14. The summed E-state index contributed by atoms with van der Waals surface area (Å²) in [6, 6.07) is 6.43. The predicted molar refractivity (Wildman–Crippen MR) is 77.1 cm³/mol. The van der Waals surface area contributed by atoms with E-state index in [2.05, 4.69) is 37.4 Å². The molecule has 0 spiro atoms. The van der Waals surface area contributed by atoms with Crippen LogP contribution in [0.4, 0.5) is 5.69 Å².